The van der Waals surface area contributed by atoms with E-state index < -0.39 is 0 Å². The molecule has 0 aliphatic heterocycles. The zero-order valence-electron chi connectivity index (χ0n) is 18.9. The summed E-state index contributed by atoms with van der Waals surface area (Å²) in [4.78, 5) is 27.3. The summed E-state index contributed by atoms with van der Waals surface area (Å²) in [5.41, 5.74) is 2.58. The van der Waals surface area contributed by atoms with Gasteiger partial charge in [-0.05, 0) is 55.4 Å². The Kier molecular flexibility index (Phi) is 19.2. The molecular formula is C20H34Cl4N2O2S2. The Morgan fingerprint density at radius 3 is 1.07 bits per heavy atom. The number of hydrogen-bond acceptors (Lipinski definition) is 4. The largest absolute Gasteiger partial charge is 0.329 e. The number of halogens is 4. The maximum absolute atomic E-state index is 11.8. The van der Waals surface area contributed by atoms with Crippen molar-refractivity contribution in [2.24, 2.45) is 0 Å². The highest BCUT2D eigenvalue weighted by Gasteiger charge is 2.21. The van der Waals surface area contributed by atoms with Gasteiger partial charge in [-0.15, -0.1) is 0 Å². The third-order valence-corrected chi connectivity index (χ3v) is 6.93. The zero-order valence-corrected chi connectivity index (χ0v) is 23.6. The fourth-order valence-corrected chi connectivity index (χ4v) is 5.00. The van der Waals surface area contributed by atoms with Gasteiger partial charge in [-0.2, -0.15) is 0 Å². The van der Waals surface area contributed by atoms with Crippen molar-refractivity contribution in [3.63, 3.8) is 0 Å². The minimum absolute atomic E-state index is 0.0386. The quantitative estimate of drug-likeness (QED) is 0.309. The number of amides is 2. The zero-order chi connectivity index (χ0) is 24.0. The van der Waals surface area contributed by atoms with Crippen molar-refractivity contribution in [1.82, 2.24) is 9.80 Å². The van der Waals surface area contributed by atoms with E-state index in [1.54, 1.807) is 0 Å². The fraction of sp³-hybridized carbons (Fsp3) is 0.700. The predicted molar refractivity (Wildman–Crippen MR) is 140 cm³/mol. The average Bonchev–Trinajstić information content (AvgIpc) is 2.63. The second-order valence-corrected chi connectivity index (χ2v) is 10.7. The van der Waals surface area contributed by atoms with E-state index in [2.05, 4.69) is 0 Å². The fourth-order valence-electron chi connectivity index (χ4n) is 2.51. The molecule has 0 rings (SSSR count). The van der Waals surface area contributed by atoms with Gasteiger partial charge in [0.15, 0.2) is 0 Å². The van der Waals surface area contributed by atoms with Crippen LogP contribution in [0, 0.1) is 0 Å². The molecule has 2 amide bonds. The molecule has 30 heavy (non-hydrogen) atoms. The maximum Gasteiger partial charge on any atom is 0.282 e. The van der Waals surface area contributed by atoms with Crippen LogP contribution in [0.5, 0.6) is 0 Å². The third kappa shape index (κ3) is 14.4. The molecule has 0 aliphatic carbocycles. The van der Waals surface area contributed by atoms with Crippen LogP contribution in [-0.4, -0.2) is 56.0 Å². The number of carbonyl (C=O) groups excluding carboxylic acids is 2. The Morgan fingerprint density at radius 1 is 0.667 bits per heavy atom. The van der Waals surface area contributed by atoms with Gasteiger partial charge >= 0.3 is 0 Å². The molecule has 0 aromatic heterocycles. The van der Waals surface area contributed by atoms with Crippen LogP contribution in [0.4, 0.5) is 9.59 Å². The van der Waals surface area contributed by atoms with Crippen LogP contribution >= 0.6 is 69.9 Å². The van der Waals surface area contributed by atoms with E-state index in [4.69, 9.17) is 46.4 Å². The van der Waals surface area contributed by atoms with Gasteiger partial charge in [0, 0.05) is 56.8 Å². The van der Waals surface area contributed by atoms with E-state index in [9.17, 15) is 9.59 Å². The average molecular weight is 540 g/mol. The van der Waals surface area contributed by atoms with Crippen LogP contribution in [0.1, 0.15) is 55.4 Å². The molecule has 0 bridgehead atoms. The third-order valence-electron chi connectivity index (χ3n) is 3.55. The van der Waals surface area contributed by atoms with Crippen LogP contribution in [0.3, 0.4) is 0 Å². The van der Waals surface area contributed by atoms with Crippen molar-refractivity contribution >= 4 is 80.4 Å². The maximum atomic E-state index is 11.8. The van der Waals surface area contributed by atoms with Crippen molar-refractivity contribution in [2.45, 2.75) is 79.6 Å². The van der Waals surface area contributed by atoms with Crippen LogP contribution < -0.4 is 0 Å². The summed E-state index contributed by atoms with van der Waals surface area (Å²) in [6.07, 6.45) is 0. The smallest absolute Gasteiger partial charge is 0.282 e. The lowest BCUT2D eigenvalue weighted by Crippen LogP contribution is -2.39. The summed E-state index contributed by atoms with van der Waals surface area (Å²) in [7, 11) is 0. The molecule has 176 valence electrons. The van der Waals surface area contributed by atoms with E-state index in [0.717, 1.165) is 0 Å². The summed E-state index contributed by atoms with van der Waals surface area (Å²) < 4.78 is 0. The molecule has 0 atom stereocenters. The van der Waals surface area contributed by atoms with E-state index in [0.29, 0.717) is 21.6 Å². The second kappa shape index (κ2) is 17.8. The van der Waals surface area contributed by atoms with Gasteiger partial charge < -0.3 is 9.80 Å². The molecule has 4 nitrogen and oxygen atoms in total. The Hall–Kier alpha value is 0.280. The van der Waals surface area contributed by atoms with Gasteiger partial charge in [-0.3, -0.25) is 9.59 Å². The monoisotopic (exact) mass is 538 g/mol. The molecule has 0 heterocycles. The molecule has 0 saturated heterocycles. The first kappa shape index (κ1) is 32.5. The number of rotatable bonds is 8. The van der Waals surface area contributed by atoms with Gasteiger partial charge in [0.05, 0.1) is 0 Å². The summed E-state index contributed by atoms with van der Waals surface area (Å²) in [5, 5.41) is 1.05. The van der Waals surface area contributed by atoms with Crippen molar-refractivity contribution in [1.29, 1.82) is 0 Å². The molecule has 0 radical (unpaired) electrons. The molecule has 0 spiro atoms. The number of nitrogens with zero attached hydrogens (tertiary/aromatic N) is 2. The van der Waals surface area contributed by atoms with Gasteiger partial charge in [0.1, 0.15) is 0 Å². The highest BCUT2D eigenvalue weighted by Crippen LogP contribution is 2.20. The van der Waals surface area contributed by atoms with E-state index >= 15 is 0 Å². The minimum atomic E-state index is 0.0386. The van der Waals surface area contributed by atoms with Gasteiger partial charge in [-0.25, -0.2) is 0 Å². The molecule has 0 aromatic rings. The van der Waals surface area contributed by atoms with Gasteiger partial charge in [-0.1, -0.05) is 69.9 Å². The first-order valence-corrected chi connectivity index (χ1v) is 13.2. The Labute approximate surface area is 211 Å². The van der Waals surface area contributed by atoms with Crippen LogP contribution in [0.15, 0.2) is 21.1 Å². The standard InChI is InChI=1S/2C10H17Cl2NOS/c2*1-7(2)13(8(3)4)10(14)15-6-9(12)5-11/h2*5,7-8H,6H2,1-4H3/b2*9-5-. The van der Waals surface area contributed by atoms with Gasteiger partial charge in [0.2, 0.25) is 0 Å². The molecule has 0 unspecified atom stereocenters. The Bertz CT molecular complexity index is 517. The lowest BCUT2D eigenvalue weighted by atomic mass is 10.2. The molecule has 0 fully saturated rings. The molecule has 0 saturated carbocycles. The molecular weight excluding hydrogens is 506 g/mol. The van der Waals surface area contributed by atoms with Crippen molar-refractivity contribution in [2.75, 3.05) is 11.5 Å². The lowest BCUT2D eigenvalue weighted by Gasteiger charge is -2.30. The Morgan fingerprint density at radius 2 is 0.900 bits per heavy atom. The molecule has 0 aromatic carbocycles. The van der Waals surface area contributed by atoms with Crippen LogP contribution in [0.25, 0.3) is 0 Å². The summed E-state index contributed by atoms with van der Waals surface area (Å²) in [5.74, 6) is 0.861. The first-order chi connectivity index (χ1) is 13.8. The van der Waals surface area contributed by atoms with E-state index in [-0.39, 0.29) is 34.6 Å². The molecule has 0 N–H and O–H groups in total. The normalized spacial score (nSPS) is 12.4. The minimum Gasteiger partial charge on any atom is -0.329 e. The van der Waals surface area contributed by atoms with Crippen LogP contribution in [0.2, 0.25) is 0 Å². The predicted octanol–water partition coefficient (Wildman–Crippen LogP) is 8.55. The van der Waals surface area contributed by atoms with Gasteiger partial charge in [0.25, 0.3) is 10.5 Å². The number of hydrogen-bond donors (Lipinski definition) is 0. The number of thioether (sulfide) groups is 2. The highest BCUT2D eigenvalue weighted by atomic mass is 35.5. The number of carbonyl (C=O) groups is 2. The van der Waals surface area contributed by atoms with Crippen LogP contribution in [-0.2, 0) is 0 Å². The topological polar surface area (TPSA) is 40.6 Å². The SMILES string of the molecule is CC(C)N(C(=O)SC/C(Cl)=C/Cl)C(C)C.CC(C)N(C(=O)SC/C(Cl)=C/Cl)C(C)C. The van der Waals surface area contributed by atoms with Crippen molar-refractivity contribution in [3.8, 4) is 0 Å². The van der Waals surface area contributed by atoms with Crippen molar-refractivity contribution in [3.05, 3.63) is 21.1 Å². The summed E-state index contributed by atoms with van der Waals surface area (Å²) in [6.45, 7) is 16.0. The highest BCUT2D eigenvalue weighted by molar-refractivity contribution is 8.14. The molecule has 10 heteroatoms. The molecule has 0 aliphatic rings. The van der Waals surface area contributed by atoms with E-state index in [1.165, 1.54) is 34.6 Å². The Balaban J connectivity index is 0. The summed E-state index contributed by atoms with van der Waals surface area (Å²) >= 11 is 24.6. The summed E-state index contributed by atoms with van der Waals surface area (Å²) in [6, 6.07) is 0.792. The van der Waals surface area contributed by atoms with E-state index in [1.807, 2.05) is 65.2 Å². The first-order valence-electron chi connectivity index (χ1n) is 9.59. The van der Waals surface area contributed by atoms with Crippen molar-refractivity contribution < 1.29 is 9.59 Å². The lowest BCUT2D eigenvalue weighted by molar-refractivity contribution is 0.189. The second-order valence-electron chi connectivity index (χ2n) is 7.41.